The summed E-state index contributed by atoms with van der Waals surface area (Å²) < 4.78 is 0. The molecule has 0 spiro atoms. The van der Waals surface area contributed by atoms with Gasteiger partial charge in [-0.15, -0.1) is 0 Å². The van der Waals surface area contributed by atoms with Gasteiger partial charge in [-0.05, 0) is 32.6 Å². The maximum atomic E-state index is 12.5. The van der Waals surface area contributed by atoms with Crippen LogP contribution >= 0.6 is 0 Å². The van der Waals surface area contributed by atoms with E-state index in [2.05, 4.69) is 26.1 Å². The molecule has 1 atom stereocenters. The van der Waals surface area contributed by atoms with Gasteiger partial charge in [-0.1, -0.05) is 6.92 Å². The molecule has 98 valence electrons. The van der Waals surface area contributed by atoms with E-state index in [0.717, 1.165) is 39.1 Å². The van der Waals surface area contributed by atoms with Gasteiger partial charge in [-0.25, -0.2) is 4.79 Å². The Bertz CT molecular complexity index is 290. The Labute approximate surface area is 104 Å². The number of hydrogen-bond donors (Lipinski definition) is 1. The fourth-order valence-corrected chi connectivity index (χ4v) is 2.87. The summed E-state index contributed by atoms with van der Waals surface area (Å²) in [6.07, 6.45) is 2.41. The van der Waals surface area contributed by atoms with Crippen molar-refractivity contribution in [3.05, 3.63) is 0 Å². The normalized spacial score (nSPS) is 29.2. The second kappa shape index (κ2) is 4.84. The third-order valence-electron chi connectivity index (χ3n) is 3.96. The van der Waals surface area contributed by atoms with Crippen molar-refractivity contribution >= 4 is 6.03 Å². The molecule has 0 aromatic carbocycles. The number of nitrogens with one attached hydrogen (secondary N) is 1. The number of piperazine rings is 1. The highest BCUT2D eigenvalue weighted by Crippen LogP contribution is 2.22. The first-order chi connectivity index (χ1) is 8.00. The Balaban J connectivity index is 2.02. The Hall–Kier alpha value is -0.770. The molecule has 2 aliphatic rings. The molecule has 2 amide bonds. The number of nitrogens with zero attached hydrogens (tertiary/aromatic N) is 2. The molecule has 2 heterocycles. The summed E-state index contributed by atoms with van der Waals surface area (Å²) in [4.78, 5) is 16.6. The molecule has 0 aliphatic carbocycles. The van der Waals surface area contributed by atoms with Crippen molar-refractivity contribution in [3.8, 4) is 0 Å². The predicted octanol–water partition coefficient (Wildman–Crippen LogP) is 1.52. The fraction of sp³-hybridized carbons (Fsp3) is 0.923. The molecule has 0 saturated carbocycles. The number of likely N-dealkylation sites (tertiary alicyclic amines) is 1. The van der Waals surface area contributed by atoms with Gasteiger partial charge in [0.2, 0.25) is 0 Å². The molecule has 4 heteroatoms. The van der Waals surface area contributed by atoms with E-state index in [1.54, 1.807) is 0 Å². The molecule has 0 aromatic rings. The number of amides is 2. The van der Waals surface area contributed by atoms with Crippen LogP contribution in [0.25, 0.3) is 0 Å². The lowest BCUT2D eigenvalue weighted by Crippen LogP contribution is -2.63. The van der Waals surface area contributed by atoms with Gasteiger partial charge >= 0.3 is 6.03 Å². The molecule has 2 fully saturated rings. The number of urea groups is 1. The van der Waals surface area contributed by atoms with E-state index in [0.29, 0.717) is 5.92 Å². The van der Waals surface area contributed by atoms with Crippen LogP contribution in [-0.2, 0) is 0 Å². The zero-order valence-electron chi connectivity index (χ0n) is 11.3. The van der Waals surface area contributed by atoms with Gasteiger partial charge in [0.1, 0.15) is 0 Å². The van der Waals surface area contributed by atoms with Crippen LogP contribution in [0.5, 0.6) is 0 Å². The van der Waals surface area contributed by atoms with Crippen LogP contribution in [0.1, 0.15) is 33.6 Å². The van der Waals surface area contributed by atoms with Gasteiger partial charge in [-0.2, -0.15) is 0 Å². The Kier molecular flexibility index (Phi) is 3.61. The molecule has 1 unspecified atom stereocenters. The van der Waals surface area contributed by atoms with Crippen LogP contribution in [-0.4, -0.2) is 54.1 Å². The number of carbonyl (C=O) groups excluding carboxylic acids is 1. The Morgan fingerprint density at radius 1 is 1.35 bits per heavy atom. The monoisotopic (exact) mass is 239 g/mol. The van der Waals surface area contributed by atoms with Crippen molar-refractivity contribution in [2.45, 2.75) is 39.2 Å². The topological polar surface area (TPSA) is 35.6 Å². The summed E-state index contributed by atoms with van der Waals surface area (Å²) in [6.45, 7) is 11.0. The van der Waals surface area contributed by atoms with Crippen molar-refractivity contribution < 1.29 is 4.79 Å². The maximum Gasteiger partial charge on any atom is 0.320 e. The lowest BCUT2D eigenvalue weighted by molar-refractivity contribution is 0.0742. The van der Waals surface area contributed by atoms with Crippen LogP contribution in [0.4, 0.5) is 4.79 Å². The van der Waals surface area contributed by atoms with Crippen LogP contribution in [0.2, 0.25) is 0 Å². The first kappa shape index (κ1) is 12.7. The molecular weight excluding hydrogens is 214 g/mol. The third-order valence-corrected chi connectivity index (χ3v) is 3.96. The predicted molar refractivity (Wildman–Crippen MR) is 69.0 cm³/mol. The van der Waals surface area contributed by atoms with E-state index in [4.69, 9.17) is 0 Å². The number of rotatable bonds is 0. The summed E-state index contributed by atoms with van der Waals surface area (Å²) >= 11 is 0. The zero-order chi connectivity index (χ0) is 12.5. The number of carbonyl (C=O) groups is 1. The van der Waals surface area contributed by atoms with Crippen LogP contribution < -0.4 is 5.32 Å². The SMILES string of the molecule is CC1CCCN(C(=O)N2CCNCC2(C)C)C1. The molecule has 2 saturated heterocycles. The molecular formula is C13H25N3O. The van der Waals surface area contributed by atoms with E-state index in [1.165, 1.54) is 6.42 Å². The molecule has 1 N–H and O–H groups in total. The minimum atomic E-state index is -0.0595. The molecule has 4 nitrogen and oxygen atoms in total. The van der Waals surface area contributed by atoms with Gasteiger partial charge in [-0.3, -0.25) is 0 Å². The average molecular weight is 239 g/mol. The van der Waals surface area contributed by atoms with Crippen molar-refractivity contribution in [2.75, 3.05) is 32.7 Å². The lowest BCUT2D eigenvalue weighted by Gasteiger charge is -2.46. The number of hydrogen-bond acceptors (Lipinski definition) is 2. The van der Waals surface area contributed by atoms with Gasteiger partial charge in [0.05, 0.1) is 5.54 Å². The van der Waals surface area contributed by atoms with Crippen molar-refractivity contribution in [2.24, 2.45) is 5.92 Å². The smallest absolute Gasteiger partial charge is 0.320 e. The minimum absolute atomic E-state index is 0.0595. The van der Waals surface area contributed by atoms with E-state index in [1.807, 2.05) is 9.80 Å². The van der Waals surface area contributed by atoms with E-state index < -0.39 is 0 Å². The van der Waals surface area contributed by atoms with Crippen molar-refractivity contribution in [1.82, 2.24) is 15.1 Å². The second-order valence-corrected chi connectivity index (χ2v) is 6.12. The largest absolute Gasteiger partial charge is 0.324 e. The molecule has 2 rings (SSSR count). The Morgan fingerprint density at radius 3 is 2.76 bits per heavy atom. The van der Waals surface area contributed by atoms with Crippen molar-refractivity contribution in [3.63, 3.8) is 0 Å². The third kappa shape index (κ3) is 2.73. The summed E-state index contributed by atoms with van der Waals surface area (Å²) in [7, 11) is 0. The zero-order valence-corrected chi connectivity index (χ0v) is 11.3. The van der Waals surface area contributed by atoms with E-state index in [9.17, 15) is 4.79 Å². The maximum absolute atomic E-state index is 12.5. The van der Waals surface area contributed by atoms with E-state index >= 15 is 0 Å². The Morgan fingerprint density at radius 2 is 2.12 bits per heavy atom. The fourth-order valence-electron chi connectivity index (χ4n) is 2.87. The molecule has 0 bridgehead atoms. The first-order valence-corrected chi connectivity index (χ1v) is 6.78. The highest BCUT2D eigenvalue weighted by molar-refractivity contribution is 5.75. The second-order valence-electron chi connectivity index (χ2n) is 6.12. The first-order valence-electron chi connectivity index (χ1n) is 6.78. The summed E-state index contributed by atoms with van der Waals surface area (Å²) in [5, 5.41) is 3.36. The standard InChI is InChI=1S/C13H25N3O/c1-11-5-4-7-15(9-11)12(17)16-8-6-14-10-13(16,2)3/h11,14H,4-10H2,1-3H3. The highest BCUT2D eigenvalue weighted by atomic mass is 16.2. The minimum Gasteiger partial charge on any atom is -0.324 e. The molecule has 0 radical (unpaired) electrons. The van der Waals surface area contributed by atoms with Crippen LogP contribution in [0.15, 0.2) is 0 Å². The van der Waals surface area contributed by atoms with Crippen LogP contribution in [0, 0.1) is 5.92 Å². The van der Waals surface area contributed by atoms with Gasteiger partial charge < -0.3 is 15.1 Å². The van der Waals surface area contributed by atoms with Crippen molar-refractivity contribution in [1.29, 1.82) is 0 Å². The summed E-state index contributed by atoms with van der Waals surface area (Å²) in [5.41, 5.74) is -0.0595. The molecule has 0 aromatic heterocycles. The average Bonchev–Trinajstić information content (AvgIpc) is 2.27. The van der Waals surface area contributed by atoms with E-state index in [-0.39, 0.29) is 11.6 Å². The lowest BCUT2D eigenvalue weighted by atomic mass is 9.98. The van der Waals surface area contributed by atoms with Gasteiger partial charge in [0.25, 0.3) is 0 Å². The van der Waals surface area contributed by atoms with Gasteiger partial charge in [0, 0.05) is 32.7 Å². The summed E-state index contributed by atoms with van der Waals surface area (Å²) in [5.74, 6) is 0.652. The molecule has 17 heavy (non-hydrogen) atoms. The van der Waals surface area contributed by atoms with Gasteiger partial charge in [0.15, 0.2) is 0 Å². The highest BCUT2D eigenvalue weighted by Gasteiger charge is 2.36. The molecule has 2 aliphatic heterocycles. The summed E-state index contributed by atoms with van der Waals surface area (Å²) in [6, 6.07) is 0.239. The van der Waals surface area contributed by atoms with Crippen LogP contribution in [0.3, 0.4) is 0 Å². The quantitative estimate of drug-likeness (QED) is 0.696. The number of piperidine rings is 1.